The number of carbonyl (C=O) groups excluding carboxylic acids is 1. The highest BCUT2D eigenvalue weighted by Gasteiger charge is 2.21. The average Bonchev–Trinajstić information content (AvgIpc) is 2.98. The van der Waals surface area contributed by atoms with E-state index in [9.17, 15) is 9.59 Å². The average molecular weight is 352 g/mol. The van der Waals surface area contributed by atoms with Crippen LogP contribution < -0.4 is 5.32 Å². The van der Waals surface area contributed by atoms with Gasteiger partial charge in [0.2, 0.25) is 11.8 Å². The Labute approximate surface area is 150 Å². The quantitative estimate of drug-likeness (QED) is 0.740. The van der Waals surface area contributed by atoms with Crippen molar-refractivity contribution in [3.8, 4) is 0 Å². The van der Waals surface area contributed by atoms with Crippen LogP contribution in [0.3, 0.4) is 0 Å². The van der Waals surface area contributed by atoms with Gasteiger partial charge in [-0.2, -0.15) is 0 Å². The van der Waals surface area contributed by atoms with Crippen molar-refractivity contribution >= 4 is 28.7 Å². The molecule has 0 atom stereocenters. The first-order valence-electron chi connectivity index (χ1n) is 8.25. The Balaban J connectivity index is 1.75. The van der Waals surface area contributed by atoms with Crippen molar-refractivity contribution in [1.29, 1.82) is 0 Å². The molecule has 0 unspecified atom stereocenters. The Morgan fingerprint density at radius 3 is 2.62 bits per heavy atom. The molecule has 0 aliphatic carbocycles. The Morgan fingerprint density at radius 1 is 1.15 bits per heavy atom. The molecule has 2 N–H and O–H groups in total. The van der Waals surface area contributed by atoms with Crippen molar-refractivity contribution in [2.45, 2.75) is 32.6 Å². The number of carboxylic acid groups (broad SMARTS) is 1. The van der Waals surface area contributed by atoms with Crippen molar-refractivity contribution < 1.29 is 19.1 Å². The second kappa shape index (κ2) is 6.63. The molecule has 3 aromatic rings. The van der Waals surface area contributed by atoms with Gasteiger partial charge in [-0.1, -0.05) is 32.9 Å². The van der Waals surface area contributed by atoms with E-state index >= 15 is 0 Å². The molecular formula is C20H20N2O4. The lowest BCUT2D eigenvalue weighted by atomic mass is 9.97. The maximum atomic E-state index is 12.3. The Bertz CT molecular complexity index is 983. The molecule has 1 aromatic heterocycles. The van der Waals surface area contributed by atoms with Crippen LogP contribution in [0.2, 0.25) is 0 Å². The number of hydrogen-bond donors (Lipinski definition) is 2. The number of amides is 1. The topological polar surface area (TPSA) is 92.4 Å². The lowest BCUT2D eigenvalue weighted by Crippen LogP contribution is -2.14. The van der Waals surface area contributed by atoms with Crippen molar-refractivity contribution in [1.82, 2.24) is 4.98 Å². The molecule has 3 rings (SSSR count). The molecule has 0 aliphatic rings. The van der Waals surface area contributed by atoms with Gasteiger partial charge >= 0.3 is 5.97 Å². The van der Waals surface area contributed by atoms with Crippen LogP contribution >= 0.6 is 0 Å². The van der Waals surface area contributed by atoms with Crippen molar-refractivity contribution in [3.63, 3.8) is 0 Å². The standard InChI is InChI=1S/C20H20N2O4/c1-20(2,3)19-22-15-11-14(7-8-16(15)26-19)21-17(23)10-12-5-4-6-13(9-12)18(24)25/h4-9,11H,10H2,1-3H3,(H,21,23)(H,24,25). The van der Waals surface area contributed by atoms with Gasteiger partial charge in [0.25, 0.3) is 0 Å². The van der Waals surface area contributed by atoms with Crippen LogP contribution in [0.1, 0.15) is 42.6 Å². The molecule has 0 radical (unpaired) electrons. The zero-order chi connectivity index (χ0) is 18.9. The summed E-state index contributed by atoms with van der Waals surface area (Å²) in [5.74, 6) is -0.605. The summed E-state index contributed by atoms with van der Waals surface area (Å²) >= 11 is 0. The van der Waals surface area contributed by atoms with E-state index in [0.717, 1.165) is 0 Å². The molecule has 0 aliphatic heterocycles. The Hall–Kier alpha value is -3.15. The summed E-state index contributed by atoms with van der Waals surface area (Å²) in [6.45, 7) is 6.06. The van der Waals surface area contributed by atoms with E-state index in [-0.39, 0.29) is 23.3 Å². The van der Waals surface area contributed by atoms with Crippen LogP contribution in [0.15, 0.2) is 46.9 Å². The van der Waals surface area contributed by atoms with Gasteiger partial charge in [-0.15, -0.1) is 0 Å². The monoisotopic (exact) mass is 352 g/mol. The van der Waals surface area contributed by atoms with Crippen molar-refractivity contribution in [2.24, 2.45) is 0 Å². The maximum Gasteiger partial charge on any atom is 0.335 e. The number of aromatic nitrogens is 1. The first-order chi connectivity index (χ1) is 12.2. The fourth-order valence-electron chi connectivity index (χ4n) is 2.53. The summed E-state index contributed by atoms with van der Waals surface area (Å²) in [6.07, 6.45) is 0.0885. The second-order valence-corrected chi connectivity index (χ2v) is 7.18. The van der Waals surface area contributed by atoms with Gasteiger partial charge in [0.15, 0.2) is 5.58 Å². The summed E-state index contributed by atoms with van der Waals surface area (Å²) in [6, 6.07) is 11.6. The molecular weight excluding hydrogens is 332 g/mol. The number of carbonyl (C=O) groups is 2. The Morgan fingerprint density at radius 2 is 1.92 bits per heavy atom. The summed E-state index contributed by atoms with van der Waals surface area (Å²) in [5, 5.41) is 11.8. The summed E-state index contributed by atoms with van der Waals surface area (Å²) in [7, 11) is 0. The molecule has 0 saturated carbocycles. The van der Waals surface area contributed by atoms with E-state index in [4.69, 9.17) is 9.52 Å². The van der Waals surface area contributed by atoms with E-state index in [1.807, 2.05) is 20.8 Å². The van der Waals surface area contributed by atoms with E-state index in [1.165, 1.54) is 12.1 Å². The maximum absolute atomic E-state index is 12.3. The third kappa shape index (κ3) is 3.91. The van der Waals surface area contributed by atoms with Crippen molar-refractivity contribution in [3.05, 3.63) is 59.5 Å². The van der Waals surface area contributed by atoms with E-state index in [0.29, 0.717) is 28.2 Å². The minimum Gasteiger partial charge on any atom is -0.478 e. The van der Waals surface area contributed by atoms with Gasteiger partial charge < -0.3 is 14.8 Å². The second-order valence-electron chi connectivity index (χ2n) is 7.18. The van der Waals surface area contributed by atoms with Crippen LogP contribution in [0.25, 0.3) is 11.1 Å². The van der Waals surface area contributed by atoms with Crippen LogP contribution in [0, 0.1) is 0 Å². The van der Waals surface area contributed by atoms with Gasteiger partial charge in [0.1, 0.15) is 5.52 Å². The van der Waals surface area contributed by atoms with Gasteiger partial charge in [-0.25, -0.2) is 9.78 Å². The number of nitrogens with zero attached hydrogens (tertiary/aromatic N) is 1. The van der Waals surface area contributed by atoms with Crippen LogP contribution in [-0.2, 0) is 16.6 Å². The van der Waals surface area contributed by atoms with Crippen LogP contribution in [0.5, 0.6) is 0 Å². The predicted molar refractivity (Wildman–Crippen MR) is 98.4 cm³/mol. The molecule has 1 heterocycles. The fourth-order valence-corrected chi connectivity index (χ4v) is 2.53. The molecule has 6 nitrogen and oxygen atoms in total. The first-order valence-corrected chi connectivity index (χ1v) is 8.25. The number of rotatable bonds is 4. The summed E-state index contributed by atoms with van der Waals surface area (Å²) in [4.78, 5) is 27.8. The molecule has 0 spiro atoms. The number of fused-ring (bicyclic) bond motifs is 1. The predicted octanol–water partition coefficient (Wildman–Crippen LogP) is 4.00. The normalized spacial score (nSPS) is 11.5. The third-order valence-electron chi connectivity index (χ3n) is 3.85. The zero-order valence-corrected chi connectivity index (χ0v) is 14.9. The lowest BCUT2D eigenvalue weighted by molar-refractivity contribution is -0.115. The van der Waals surface area contributed by atoms with Crippen LogP contribution in [0.4, 0.5) is 5.69 Å². The largest absolute Gasteiger partial charge is 0.478 e. The number of aromatic carboxylic acids is 1. The molecule has 0 fully saturated rings. The Kier molecular flexibility index (Phi) is 4.50. The molecule has 6 heteroatoms. The SMILES string of the molecule is CC(C)(C)c1nc2cc(NC(=O)Cc3cccc(C(=O)O)c3)ccc2o1. The molecule has 26 heavy (non-hydrogen) atoms. The molecule has 0 saturated heterocycles. The number of anilines is 1. The summed E-state index contributed by atoms with van der Waals surface area (Å²) in [5.41, 5.74) is 2.57. The lowest BCUT2D eigenvalue weighted by Gasteiger charge is -2.11. The number of carboxylic acids is 1. The van der Waals surface area contributed by atoms with E-state index in [2.05, 4.69) is 10.3 Å². The molecule has 2 aromatic carbocycles. The highest BCUT2D eigenvalue weighted by molar-refractivity contribution is 5.94. The molecule has 134 valence electrons. The highest BCUT2D eigenvalue weighted by atomic mass is 16.4. The van der Waals surface area contributed by atoms with Crippen LogP contribution in [-0.4, -0.2) is 22.0 Å². The van der Waals surface area contributed by atoms with Gasteiger partial charge in [0, 0.05) is 11.1 Å². The minimum absolute atomic E-state index is 0.0885. The van der Waals surface area contributed by atoms with Crippen molar-refractivity contribution in [2.75, 3.05) is 5.32 Å². The zero-order valence-electron chi connectivity index (χ0n) is 14.9. The van der Waals surface area contributed by atoms with E-state index < -0.39 is 5.97 Å². The van der Waals surface area contributed by atoms with E-state index in [1.54, 1.807) is 30.3 Å². The minimum atomic E-state index is -1.02. The highest BCUT2D eigenvalue weighted by Crippen LogP contribution is 2.27. The summed E-state index contributed by atoms with van der Waals surface area (Å²) < 4.78 is 5.74. The van der Waals surface area contributed by atoms with Gasteiger partial charge in [0.05, 0.1) is 12.0 Å². The van der Waals surface area contributed by atoms with Gasteiger partial charge in [-0.05, 0) is 35.9 Å². The molecule has 0 bridgehead atoms. The number of hydrogen-bond acceptors (Lipinski definition) is 4. The number of oxazole rings is 1. The number of benzene rings is 2. The third-order valence-corrected chi connectivity index (χ3v) is 3.85. The molecule has 1 amide bonds. The fraction of sp³-hybridized carbons (Fsp3) is 0.250. The first kappa shape index (κ1) is 17.7. The number of nitrogens with one attached hydrogen (secondary N) is 1. The van der Waals surface area contributed by atoms with Gasteiger partial charge in [-0.3, -0.25) is 4.79 Å². The smallest absolute Gasteiger partial charge is 0.335 e.